The van der Waals surface area contributed by atoms with Crippen molar-refractivity contribution in [1.29, 1.82) is 0 Å². The molecule has 4 aromatic rings. The molecule has 4 N–H and O–H groups in total. The predicted molar refractivity (Wildman–Crippen MR) is 216 cm³/mol. The van der Waals surface area contributed by atoms with Gasteiger partial charge in [0, 0.05) is 40.8 Å². The van der Waals surface area contributed by atoms with Gasteiger partial charge in [0.25, 0.3) is 20.0 Å². The fraction of sp³-hybridized carbons (Fsp3) is 0.366. The second-order valence-corrected chi connectivity index (χ2v) is 18.2. The maximum atomic E-state index is 13.2. The van der Waals surface area contributed by atoms with Crippen molar-refractivity contribution in [2.75, 3.05) is 35.8 Å². The molecule has 0 saturated carbocycles. The monoisotopic (exact) mass is 940 g/mol. The van der Waals surface area contributed by atoms with E-state index in [1.54, 1.807) is 26.2 Å². The highest BCUT2D eigenvalue weighted by Gasteiger charge is 2.38. The Labute approximate surface area is 363 Å². The first kappa shape index (κ1) is 52.1. The third kappa shape index (κ3) is 12.6. The Morgan fingerprint density at radius 3 is 1.38 bits per heavy atom. The van der Waals surface area contributed by atoms with Gasteiger partial charge in [-0.2, -0.15) is 19.2 Å². The van der Waals surface area contributed by atoms with Crippen molar-refractivity contribution in [3.63, 3.8) is 0 Å². The van der Waals surface area contributed by atoms with Crippen molar-refractivity contribution >= 4 is 59.7 Å². The number of para-hydroxylation sites is 2. The highest BCUT2D eigenvalue weighted by molar-refractivity contribution is 9.10. The summed E-state index contributed by atoms with van der Waals surface area (Å²) in [7, 11) is -3.84. The van der Waals surface area contributed by atoms with Crippen molar-refractivity contribution in [2.45, 2.75) is 81.2 Å². The van der Waals surface area contributed by atoms with Crippen LogP contribution in [0.1, 0.15) is 92.3 Å². The number of hydrogen-bond donors (Lipinski definition) is 2. The minimum absolute atomic E-state index is 0. The zero-order valence-corrected chi connectivity index (χ0v) is 37.9. The number of anilines is 2. The van der Waals surface area contributed by atoms with E-state index >= 15 is 0 Å². The molecule has 0 fully saturated rings. The van der Waals surface area contributed by atoms with Crippen LogP contribution < -0.4 is 44.1 Å². The summed E-state index contributed by atoms with van der Waals surface area (Å²) in [6.07, 6.45) is 7.51. The van der Waals surface area contributed by atoms with Gasteiger partial charge in [0.15, 0.2) is 0 Å². The fourth-order valence-corrected chi connectivity index (χ4v) is 10.5. The van der Waals surface area contributed by atoms with E-state index in [9.17, 15) is 16.8 Å². The van der Waals surface area contributed by atoms with Crippen LogP contribution in [0, 0.1) is 6.92 Å². The van der Waals surface area contributed by atoms with E-state index in [-0.39, 0.29) is 49.2 Å². The first-order chi connectivity index (χ1) is 26.8. The minimum Gasteiger partial charge on any atom is -1.00 e. The normalized spacial score (nSPS) is 16.1. The lowest BCUT2D eigenvalue weighted by molar-refractivity contribution is -0.687. The molecule has 2 unspecified atom stereocenters. The number of unbranched alkanes of at least 4 members (excludes halogenated alkanes) is 4. The zero-order chi connectivity index (χ0) is 41.5. The van der Waals surface area contributed by atoms with Crippen LogP contribution in [-0.4, -0.2) is 56.3 Å². The van der Waals surface area contributed by atoms with Gasteiger partial charge in [-0.3, -0.25) is 8.61 Å². The van der Waals surface area contributed by atoms with E-state index in [4.69, 9.17) is 19.2 Å². The molecule has 2 aliphatic rings. The molecule has 2 heterocycles. The van der Waals surface area contributed by atoms with Gasteiger partial charge in [-0.25, -0.2) is 16.8 Å². The summed E-state index contributed by atoms with van der Waals surface area (Å²) in [6.45, 7) is 8.29. The van der Waals surface area contributed by atoms with Crippen LogP contribution in [0.4, 0.5) is 11.4 Å². The maximum Gasteiger partial charge on any atom is 0.373 e. The lowest BCUT2D eigenvalue weighted by Gasteiger charge is -2.20. The molecule has 58 heavy (non-hydrogen) atoms. The number of sulfonamides is 2. The molecule has 0 saturated heterocycles. The van der Waals surface area contributed by atoms with Crippen molar-refractivity contribution in [3.8, 4) is 0 Å². The van der Waals surface area contributed by atoms with Crippen molar-refractivity contribution in [2.24, 2.45) is 0 Å². The summed E-state index contributed by atoms with van der Waals surface area (Å²) in [4.78, 5) is 33.3. The van der Waals surface area contributed by atoms with Crippen LogP contribution in [0.15, 0.2) is 99.2 Å². The van der Waals surface area contributed by atoms with Gasteiger partial charge in [0.2, 0.25) is 0 Å². The van der Waals surface area contributed by atoms with E-state index in [0.717, 1.165) is 69.6 Å². The molecular formula is C41H51BrCl2N4O8S2. The van der Waals surface area contributed by atoms with Gasteiger partial charge in [0.1, 0.15) is 12.1 Å². The number of rotatable bonds is 10. The molecule has 0 aliphatic carbocycles. The third-order valence-electron chi connectivity index (χ3n) is 9.73. The zero-order valence-electron chi connectivity index (χ0n) is 33.2. The van der Waals surface area contributed by atoms with Crippen LogP contribution in [0.3, 0.4) is 0 Å². The summed E-state index contributed by atoms with van der Waals surface area (Å²) >= 11 is 3.42. The van der Waals surface area contributed by atoms with E-state index in [2.05, 4.69) is 46.5 Å². The summed E-state index contributed by atoms with van der Waals surface area (Å²) < 4.78 is 56.3. The minimum atomic E-state index is -3.58. The Bertz CT molecular complexity index is 2080. The molecule has 316 valence electrons. The van der Waals surface area contributed by atoms with Gasteiger partial charge in [0.05, 0.1) is 34.3 Å². The fourth-order valence-electron chi connectivity index (χ4n) is 6.94. The van der Waals surface area contributed by atoms with Crippen LogP contribution in [0.2, 0.25) is 0 Å². The Balaban J connectivity index is 0.000000496. The van der Waals surface area contributed by atoms with Crippen LogP contribution in [0.25, 0.3) is 0 Å². The predicted octanol–water partition coefficient (Wildman–Crippen LogP) is -0.752. The first-order valence-corrected chi connectivity index (χ1v) is 22.1. The van der Waals surface area contributed by atoms with Crippen LogP contribution >= 0.6 is 15.9 Å². The summed E-state index contributed by atoms with van der Waals surface area (Å²) in [5, 5.41) is 4.56. The molecule has 6 rings (SSSR count). The Kier molecular flexibility index (Phi) is 22.4. The molecule has 0 bridgehead atoms. The average molecular weight is 943 g/mol. The number of fused-ring (bicyclic) bond motifs is 4. The lowest BCUT2D eigenvalue weighted by atomic mass is 9.96. The van der Waals surface area contributed by atoms with Gasteiger partial charge in [-0.1, -0.05) is 97.2 Å². The largest absolute Gasteiger partial charge is 1.00 e. The third-order valence-corrected chi connectivity index (χ3v) is 13.9. The number of nitrogens with zero attached hydrogens (tertiary/aromatic N) is 2. The molecule has 4 aromatic carbocycles. The average Bonchev–Trinajstić information content (AvgIpc) is 3.29. The number of benzene rings is 4. The number of halogens is 3. The highest BCUT2D eigenvalue weighted by Crippen LogP contribution is 2.40. The highest BCUT2D eigenvalue weighted by atomic mass is 79.9. The SMILES string of the molecule is CCCCC[NH2+]C1c2ccccc2N(C)S(=O)(=O)c2cc(Br)ccc21.CCCCC[NH2+]C1c2ccccc2N(C)S(=O)(=O)c2cc(C)ccc21.O=C=O.O=C=O.[Cl-].[Cl-]. The Hall–Kier alpha value is -3.88. The molecule has 2 aliphatic heterocycles. The molecule has 17 heteroatoms. The van der Waals surface area contributed by atoms with Gasteiger partial charge in [-0.05, 0) is 68.5 Å². The number of aryl methyl sites for hydroxylation is 1. The van der Waals surface area contributed by atoms with Gasteiger partial charge in [-0.15, -0.1) is 0 Å². The second kappa shape index (κ2) is 24.9. The first-order valence-electron chi connectivity index (χ1n) is 18.5. The van der Waals surface area contributed by atoms with E-state index in [1.165, 1.54) is 34.3 Å². The standard InChI is InChI=1S/C20H26N2O2S.C19H23BrN2O2S.2CO2.2ClH/c1-4-5-8-13-21-20-16-9-6-7-10-18(16)22(3)25(23,24)19-14-15(2)11-12-17(19)20;1-3-4-7-12-21-19-15-8-5-6-9-17(15)22(2)25(23,24)18-13-14(20)10-11-16(18)19;2*2-1-3;;/h6-7,9-12,14,20-21H,4-5,8,13H2,1-3H3;5-6,8-11,13,19,21H,3-4,7,12H2,1-2H3;;;2*1H. The maximum absolute atomic E-state index is 13.2. The Morgan fingerprint density at radius 2 is 0.966 bits per heavy atom. The smallest absolute Gasteiger partial charge is 0.373 e. The molecular weight excluding hydrogens is 891 g/mol. The Morgan fingerprint density at radius 1 is 0.586 bits per heavy atom. The second-order valence-electron chi connectivity index (χ2n) is 13.4. The molecule has 2 atom stereocenters. The summed E-state index contributed by atoms with van der Waals surface area (Å²) in [6, 6.07) is 27.0. The number of quaternary nitrogens is 2. The van der Waals surface area contributed by atoms with E-state index in [1.807, 2.05) is 73.7 Å². The number of nitrogens with two attached hydrogens (primary N) is 2. The van der Waals surface area contributed by atoms with Crippen molar-refractivity contribution in [3.05, 3.63) is 117 Å². The topological polar surface area (TPSA) is 176 Å². The van der Waals surface area contributed by atoms with Crippen LogP contribution in [0.5, 0.6) is 0 Å². The van der Waals surface area contributed by atoms with E-state index in [0.29, 0.717) is 9.79 Å². The molecule has 12 nitrogen and oxygen atoms in total. The van der Waals surface area contributed by atoms with Gasteiger partial charge >= 0.3 is 12.3 Å². The number of carbonyl (C=O) groups excluding carboxylic acids is 4. The van der Waals surface area contributed by atoms with Crippen LogP contribution in [-0.2, 0) is 39.2 Å². The molecule has 0 spiro atoms. The lowest BCUT2D eigenvalue weighted by Crippen LogP contribution is -3.00. The number of hydrogen-bond acceptors (Lipinski definition) is 8. The molecule has 0 amide bonds. The van der Waals surface area contributed by atoms with Gasteiger partial charge < -0.3 is 35.4 Å². The van der Waals surface area contributed by atoms with E-state index < -0.39 is 20.0 Å². The molecule has 0 aromatic heterocycles. The van der Waals surface area contributed by atoms with Crippen molar-refractivity contribution < 1.29 is 71.5 Å². The van der Waals surface area contributed by atoms with Crippen molar-refractivity contribution in [1.82, 2.24) is 0 Å². The summed E-state index contributed by atoms with van der Waals surface area (Å²) in [5.74, 6) is 0. The molecule has 0 radical (unpaired) electrons. The summed E-state index contributed by atoms with van der Waals surface area (Å²) in [5.41, 5.74) is 6.35. The quantitative estimate of drug-likeness (QED) is 0.196.